The maximum Gasteiger partial charge on any atom is 0.0339 e. The van der Waals surface area contributed by atoms with Crippen LogP contribution >= 0.6 is 0 Å². The normalized spacial score (nSPS) is 9.19. The monoisotopic (exact) mass is 695 g/mol. The molecule has 52 heavy (non-hydrogen) atoms. The molecule has 0 aliphatic carbocycles. The minimum absolute atomic E-state index is 0.299. The predicted octanol–water partition coefficient (Wildman–Crippen LogP) is 15.7. The van der Waals surface area contributed by atoms with Crippen LogP contribution < -0.4 is 0 Å². The Kier molecular flexibility index (Phi) is 27.3. The first-order valence-corrected chi connectivity index (χ1v) is 19.7. The van der Waals surface area contributed by atoms with Gasteiger partial charge in [0.05, 0.1) is 0 Å². The lowest BCUT2D eigenvalue weighted by Gasteiger charge is -2.19. The third-order valence-corrected chi connectivity index (χ3v) is 7.84. The molecular weight excluding hydrogens is 625 g/mol. The van der Waals surface area contributed by atoms with Gasteiger partial charge in [0.1, 0.15) is 0 Å². The molecule has 0 saturated carbocycles. The Morgan fingerprint density at radius 3 is 0.769 bits per heavy atom. The van der Waals surface area contributed by atoms with Gasteiger partial charge >= 0.3 is 0 Å². The van der Waals surface area contributed by atoms with Crippen LogP contribution in [-0.4, -0.2) is 0 Å². The lowest BCUT2D eigenvalue weighted by Crippen LogP contribution is -2.03. The molecule has 0 aromatic heterocycles. The maximum atomic E-state index is 2.24. The minimum atomic E-state index is 0.299. The Bertz CT molecular complexity index is 1540. The third kappa shape index (κ3) is 19.1. The molecule has 6 aromatic rings. The maximum absolute atomic E-state index is 2.24. The van der Waals surface area contributed by atoms with Crippen LogP contribution in [0, 0.1) is 34.6 Å². The SMILES string of the molecule is CC.CC.CC.CC.Cc1ccc(C(c2ccccc2)c2ccc(C)cc2)cc1.Cc1ccc(CCc2ccc(C)cc2)cc1.Cc1ccccc1. The fourth-order valence-corrected chi connectivity index (χ4v) is 5.07. The average Bonchev–Trinajstić information content (AvgIpc) is 3.21. The van der Waals surface area contributed by atoms with Gasteiger partial charge in [-0.25, -0.2) is 0 Å². The number of rotatable bonds is 6. The van der Waals surface area contributed by atoms with E-state index in [-0.39, 0.29) is 0 Å². The summed E-state index contributed by atoms with van der Waals surface area (Å²) in [7, 11) is 0. The van der Waals surface area contributed by atoms with Crippen molar-refractivity contribution in [3.63, 3.8) is 0 Å². The Morgan fingerprint density at radius 2 is 0.500 bits per heavy atom. The van der Waals surface area contributed by atoms with Gasteiger partial charge in [-0.15, -0.1) is 0 Å². The van der Waals surface area contributed by atoms with Crippen molar-refractivity contribution in [1.29, 1.82) is 0 Å². The van der Waals surface area contributed by atoms with Crippen LogP contribution in [0.5, 0.6) is 0 Å². The summed E-state index contributed by atoms with van der Waals surface area (Å²) in [6.45, 7) is 26.6. The smallest absolute Gasteiger partial charge is 0.0339 e. The van der Waals surface area contributed by atoms with Gasteiger partial charge in [0.15, 0.2) is 0 Å². The first kappa shape index (κ1) is 47.3. The first-order chi connectivity index (χ1) is 25.4. The van der Waals surface area contributed by atoms with Crippen molar-refractivity contribution in [3.8, 4) is 0 Å². The van der Waals surface area contributed by atoms with Crippen LogP contribution in [0.4, 0.5) is 0 Å². The fraction of sp³-hybridized carbons (Fsp3) is 0.308. The van der Waals surface area contributed by atoms with Gasteiger partial charge < -0.3 is 0 Å². The standard InChI is InChI=1S/C21H20.C16H18.C7H8.4C2H6/c1-16-8-12-19(13-9-16)21(18-6-4-3-5-7-18)20-14-10-17(2)11-15-20;1-13-3-7-15(8-4-13)11-12-16-9-5-14(2)6-10-16;1-7-5-3-2-4-6-7;4*1-2/h3-15,21H,1-2H3;3-10H,11-12H2,1-2H3;2-6H,1H3;4*1-2H3. The van der Waals surface area contributed by atoms with Gasteiger partial charge in [-0.3, -0.25) is 0 Å². The van der Waals surface area contributed by atoms with Crippen molar-refractivity contribution < 1.29 is 0 Å². The zero-order valence-electron chi connectivity index (χ0n) is 35.0. The van der Waals surface area contributed by atoms with E-state index >= 15 is 0 Å². The molecule has 0 aliphatic heterocycles. The molecule has 0 atom stereocenters. The molecule has 0 saturated heterocycles. The minimum Gasteiger partial charge on any atom is -0.0683 e. The number of hydrogen-bond acceptors (Lipinski definition) is 0. The molecule has 6 rings (SSSR count). The quantitative estimate of drug-likeness (QED) is 0.152. The van der Waals surface area contributed by atoms with Crippen LogP contribution in [0.25, 0.3) is 0 Å². The van der Waals surface area contributed by atoms with Crippen molar-refractivity contribution in [2.24, 2.45) is 0 Å². The summed E-state index contributed by atoms with van der Waals surface area (Å²) in [6.07, 6.45) is 2.26. The second-order valence-electron chi connectivity index (χ2n) is 11.8. The number of aryl methyl sites for hydroxylation is 7. The second kappa shape index (κ2) is 30.0. The van der Waals surface area contributed by atoms with E-state index in [4.69, 9.17) is 0 Å². The van der Waals surface area contributed by atoms with Gasteiger partial charge in [-0.1, -0.05) is 241 Å². The van der Waals surface area contributed by atoms with Crippen LogP contribution in [0.2, 0.25) is 0 Å². The topological polar surface area (TPSA) is 0 Å². The first-order valence-electron chi connectivity index (χ1n) is 19.7. The summed E-state index contributed by atoms with van der Waals surface area (Å²) in [5, 5.41) is 0. The molecule has 0 nitrogen and oxygen atoms in total. The van der Waals surface area contributed by atoms with E-state index in [1.807, 2.05) is 73.6 Å². The van der Waals surface area contributed by atoms with E-state index in [1.165, 1.54) is 55.6 Å². The highest BCUT2D eigenvalue weighted by molar-refractivity contribution is 5.44. The van der Waals surface area contributed by atoms with Crippen molar-refractivity contribution in [3.05, 3.63) is 213 Å². The van der Waals surface area contributed by atoms with E-state index in [1.54, 1.807) is 0 Å². The molecule has 0 aliphatic rings. The fourth-order valence-electron chi connectivity index (χ4n) is 5.07. The van der Waals surface area contributed by atoms with Crippen molar-refractivity contribution in [2.45, 2.75) is 109 Å². The average molecular weight is 695 g/mol. The summed E-state index contributed by atoms with van der Waals surface area (Å²) < 4.78 is 0. The molecule has 0 fully saturated rings. The van der Waals surface area contributed by atoms with Crippen molar-refractivity contribution in [1.82, 2.24) is 0 Å². The Labute approximate surface area is 321 Å². The molecule has 0 N–H and O–H groups in total. The number of benzene rings is 6. The Morgan fingerprint density at radius 1 is 0.269 bits per heavy atom. The molecule has 0 spiro atoms. The van der Waals surface area contributed by atoms with Gasteiger partial charge in [0.2, 0.25) is 0 Å². The molecule has 0 radical (unpaired) electrons. The Hall–Kier alpha value is -4.68. The van der Waals surface area contributed by atoms with E-state index in [9.17, 15) is 0 Å². The molecule has 0 bridgehead atoms. The van der Waals surface area contributed by atoms with Crippen molar-refractivity contribution in [2.75, 3.05) is 0 Å². The van der Waals surface area contributed by atoms with Crippen molar-refractivity contribution >= 4 is 0 Å². The molecule has 0 heteroatoms. The molecule has 0 unspecified atom stereocenters. The highest BCUT2D eigenvalue weighted by Gasteiger charge is 2.16. The van der Waals surface area contributed by atoms with Gasteiger partial charge in [-0.05, 0) is 75.3 Å². The third-order valence-electron chi connectivity index (χ3n) is 7.84. The predicted molar refractivity (Wildman–Crippen MR) is 236 cm³/mol. The summed E-state index contributed by atoms with van der Waals surface area (Å²) in [5.74, 6) is 0.299. The van der Waals surface area contributed by atoms with Crippen LogP contribution in [0.1, 0.15) is 117 Å². The summed E-state index contributed by atoms with van der Waals surface area (Å²) in [6, 6.07) is 56.4. The molecule has 0 heterocycles. The summed E-state index contributed by atoms with van der Waals surface area (Å²) in [5.41, 5.74) is 13.5. The van der Waals surface area contributed by atoms with E-state index < -0.39 is 0 Å². The molecule has 0 amide bonds. The number of hydrogen-bond donors (Lipinski definition) is 0. The summed E-state index contributed by atoms with van der Waals surface area (Å²) >= 11 is 0. The van der Waals surface area contributed by atoms with Crippen LogP contribution in [0.3, 0.4) is 0 Å². The van der Waals surface area contributed by atoms with Crippen LogP contribution in [0.15, 0.2) is 158 Å². The zero-order chi connectivity index (χ0) is 39.1. The van der Waals surface area contributed by atoms with Gasteiger partial charge in [-0.2, -0.15) is 0 Å². The summed E-state index contributed by atoms with van der Waals surface area (Å²) in [4.78, 5) is 0. The lowest BCUT2D eigenvalue weighted by atomic mass is 9.85. The van der Waals surface area contributed by atoms with Gasteiger partial charge in [0, 0.05) is 5.92 Å². The lowest BCUT2D eigenvalue weighted by molar-refractivity contribution is 0.958. The zero-order valence-corrected chi connectivity index (χ0v) is 35.0. The van der Waals surface area contributed by atoms with E-state index in [0.717, 1.165) is 12.8 Å². The largest absolute Gasteiger partial charge is 0.0683 e. The molecular formula is C52H70. The van der Waals surface area contributed by atoms with Gasteiger partial charge in [0.25, 0.3) is 0 Å². The van der Waals surface area contributed by atoms with E-state index in [2.05, 4.69) is 174 Å². The Balaban J connectivity index is 0.000000739. The molecule has 6 aromatic carbocycles. The van der Waals surface area contributed by atoms with Crippen LogP contribution in [-0.2, 0) is 12.8 Å². The second-order valence-corrected chi connectivity index (χ2v) is 11.8. The molecule has 278 valence electrons. The van der Waals surface area contributed by atoms with E-state index in [0.29, 0.717) is 5.92 Å². The highest BCUT2D eigenvalue weighted by atomic mass is 14.2. The highest BCUT2D eigenvalue weighted by Crippen LogP contribution is 2.32.